The van der Waals surface area contributed by atoms with E-state index in [0.29, 0.717) is 23.6 Å². The van der Waals surface area contributed by atoms with Gasteiger partial charge >= 0.3 is 11.4 Å². The van der Waals surface area contributed by atoms with Gasteiger partial charge in [0, 0.05) is 12.5 Å². The van der Waals surface area contributed by atoms with Gasteiger partial charge in [-0.3, -0.25) is 0 Å². The van der Waals surface area contributed by atoms with Crippen LogP contribution in [-0.4, -0.2) is 67.5 Å². The topological polar surface area (TPSA) is 146 Å². The Labute approximate surface area is 204 Å². The predicted molar refractivity (Wildman–Crippen MR) is 124 cm³/mol. The molecule has 0 bridgehead atoms. The standard InChI is InChI=1S/C24H26N4O8/c29-15(11-33-13-16-7-4-10-34-16)12-35-25-18-17-8-9-26-23(31)27(14-5-2-1-3-6-14)24(32)28(26)19(17)20(30)22-21(18)36-22/h1-7,10,15,17,19-22,29-30H,8-9,11-13H2/t15-,17+,19+,20-,21+,22-/m0/s1. The lowest BCUT2D eigenvalue weighted by molar-refractivity contribution is -0.0264. The molecule has 12 nitrogen and oxygen atoms in total. The number of aliphatic hydroxyl groups excluding tert-OH is 2. The van der Waals surface area contributed by atoms with Crippen molar-refractivity contribution in [3.05, 3.63) is 75.5 Å². The first kappa shape index (κ1) is 23.0. The normalized spacial score (nSPS) is 28.3. The maximum atomic E-state index is 13.4. The summed E-state index contributed by atoms with van der Waals surface area (Å²) in [5.74, 6) is 0.291. The second-order valence-electron chi connectivity index (χ2n) is 9.16. The van der Waals surface area contributed by atoms with Crippen LogP contribution in [0.15, 0.2) is 67.9 Å². The van der Waals surface area contributed by atoms with Crippen molar-refractivity contribution in [2.24, 2.45) is 11.1 Å². The third-order valence-electron chi connectivity index (χ3n) is 6.88. The quantitative estimate of drug-likeness (QED) is 0.327. The molecule has 0 radical (unpaired) electrons. The fourth-order valence-electron chi connectivity index (χ4n) is 5.18. The van der Waals surface area contributed by atoms with E-state index in [1.54, 1.807) is 48.7 Å². The first-order chi connectivity index (χ1) is 17.5. The first-order valence-electron chi connectivity index (χ1n) is 11.9. The fourth-order valence-corrected chi connectivity index (χ4v) is 5.18. The molecular weight excluding hydrogens is 472 g/mol. The number of hydrogen-bond donors (Lipinski definition) is 2. The van der Waals surface area contributed by atoms with E-state index in [1.807, 2.05) is 0 Å². The Morgan fingerprint density at radius 1 is 1.11 bits per heavy atom. The highest BCUT2D eigenvalue weighted by Crippen LogP contribution is 2.46. The lowest BCUT2D eigenvalue weighted by Crippen LogP contribution is -2.53. The van der Waals surface area contributed by atoms with Gasteiger partial charge in [-0.2, -0.15) is 0 Å². The van der Waals surface area contributed by atoms with E-state index < -0.39 is 41.8 Å². The van der Waals surface area contributed by atoms with Gasteiger partial charge in [0.2, 0.25) is 0 Å². The number of fused-ring (bicyclic) bond motifs is 4. The van der Waals surface area contributed by atoms with E-state index in [4.69, 9.17) is 18.7 Å². The Bertz CT molecular complexity index is 1360. The van der Waals surface area contributed by atoms with Gasteiger partial charge in [-0.1, -0.05) is 23.4 Å². The van der Waals surface area contributed by atoms with Crippen molar-refractivity contribution in [1.29, 1.82) is 0 Å². The molecule has 0 unspecified atom stereocenters. The summed E-state index contributed by atoms with van der Waals surface area (Å²) in [6.07, 6.45) is -0.823. The van der Waals surface area contributed by atoms with Crippen molar-refractivity contribution in [2.45, 2.75) is 50.0 Å². The average Bonchev–Trinajstić information content (AvgIpc) is 3.44. The molecule has 4 heterocycles. The second-order valence-corrected chi connectivity index (χ2v) is 9.16. The summed E-state index contributed by atoms with van der Waals surface area (Å²) in [5.41, 5.74) is 0.0494. The molecule has 2 aromatic heterocycles. The molecular formula is C24H26N4O8. The third kappa shape index (κ3) is 3.91. The Kier molecular flexibility index (Phi) is 5.88. The molecule has 36 heavy (non-hydrogen) atoms. The molecule has 1 aromatic carbocycles. The van der Waals surface area contributed by atoms with Gasteiger partial charge in [-0.05, 0) is 30.7 Å². The molecule has 2 fully saturated rings. The number of aliphatic hydroxyl groups is 2. The minimum Gasteiger partial charge on any atom is -0.467 e. The van der Waals surface area contributed by atoms with Gasteiger partial charge in [0.25, 0.3) is 0 Å². The summed E-state index contributed by atoms with van der Waals surface area (Å²) < 4.78 is 20.1. The Balaban J connectivity index is 1.20. The molecule has 6 rings (SSSR count). The van der Waals surface area contributed by atoms with Gasteiger partial charge < -0.3 is 28.9 Å². The summed E-state index contributed by atoms with van der Waals surface area (Å²) in [6.45, 7) is 0.444. The highest BCUT2D eigenvalue weighted by atomic mass is 16.6. The second kappa shape index (κ2) is 9.21. The van der Waals surface area contributed by atoms with Crippen LogP contribution in [0.5, 0.6) is 0 Å². The number of epoxide rings is 1. The molecule has 0 spiro atoms. The summed E-state index contributed by atoms with van der Waals surface area (Å²) in [7, 11) is 0. The zero-order chi connectivity index (χ0) is 24.8. The number of benzene rings is 1. The maximum absolute atomic E-state index is 13.4. The zero-order valence-corrected chi connectivity index (χ0v) is 19.3. The summed E-state index contributed by atoms with van der Waals surface area (Å²) in [5, 5.41) is 25.4. The van der Waals surface area contributed by atoms with Crippen LogP contribution in [-0.2, 0) is 27.5 Å². The van der Waals surface area contributed by atoms with Crippen LogP contribution in [0, 0.1) is 5.92 Å². The van der Waals surface area contributed by atoms with Crippen molar-refractivity contribution < 1.29 is 28.9 Å². The van der Waals surface area contributed by atoms with Crippen molar-refractivity contribution in [1.82, 2.24) is 13.9 Å². The number of nitrogens with zero attached hydrogens (tertiary/aromatic N) is 4. The minimum absolute atomic E-state index is 0.0353. The van der Waals surface area contributed by atoms with Crippen molar-refractivity contribution in [2.75, 3.05) is 13.2 Å². The number of furan rings is 1. The number of ether oxygens (including phenoxy) is 2. The number of aromatic nitrogens is 3. The Morgan fingerprint density at radius 2 is 1.94 bits per heavy atom. The molecule has 6 atom stereocenters. The van der Waals surface area contributed by atoms with Gasteiger partial charge in [0.15, 0.2) is 0 Å². The highest BCUT2D eigenvalue weighted by Gasteiger charge is 2.61. The van der Waals surface area contributed by atoms with Crippen LogP contribution in [0.3, 0.4) is 0 Å². The van der Waals surface area contributed by atoms with E-state index in [-0.39, 0.29) is 32.3 Å². The lowest BCUT2D eigenvalue weighted by Gasteiger charge is -2.38. The van der Waals surface area contributed by atoms with Crippen LogP contribution < -0.4 is 11.4 Å². The third-order valence-corrected chi connectivity index (χ3v) is 6.88. The minimum atomic E-state index is -0.977. The van der Waals surface area contributed by atoms with Crippen LogP contribution in [0.2, 0.25) is 0 Å². The van der Waals surface area contributed by atoms with Gasteiger partial charge in [0.05, 0.1) is 30.3 Å². The molecule has 1 aliphatic carbocycles. The van der Waals surface area contributed by atoms with E-state index in [1.165, 1.54) is 9.36 Å². The van der Waals surface area contributed by atoms with E-state index in [9.17, 15) is 19.8 Å². The SMILES string of the molecule is O=c1n(-c2ccccc2)c(=O)n2n1CC[C@@H]1C(=NOC[C@@H](O)COCc3ccco3)[C@H]3O[C@H]3[C@@H](O)[C@@H]12. The number of rotatable bonds is 8. The Morgan fingerprint density at radius 3 is 2.72 bits per heavy atom. The first-order valence-corrected chi connectivity index (χ1v) is 11.9. The van der Waals surface area contributed by atoms with Crippen LogP contribution in [0.25, 0.3) is 5.69 Å². The molecule has 3 aromatic rings. The molecule has 1 saturated carbocycles. The van der Waals surface area contributed by atoms with Gasteiger partial charge in [-0.15, -0.1) is 0 Å². The molecule has 12 heteroatoms. The van der Waals surface area contributed by atoms with Crippen molar-refractivity contribution in [3.63, 3.8) is 0 Å². The fraction of sp³-hybridized carbons (Fsp3) is 0.458. The Hall–Kier alpha value is -3.45. The number of oxime groups is 1. The maximum Gasteiger partial charge on any atom is 0.352 e. The molecule has 3 aliphatic rings. The smallest absolute Gasteiger partial charge is 0.352 e. The van der Waals surface area contributed by atoms with Gasteiger partial charge in [0.1, 0.15) is 43.4 Å². The van der Waals surface area contributed by atoms with Gasteiger partial charge in [-0.25, -0.2) is 23.5 Å². The number of hydrogen-bond acceptors (Lipinski definition) is 9. The van der Waals surface area contributed by atoms with E-state index in [0.717, 1.165) is 4.57 Å². The monoisotopic (exact) mass is 498 g/mol. The van der Waals surface area contributed by atoms with Crippen LogP contribution >= 0.6 is 0 Å². The number of para-hydroxylation sites is 1. The van der Waals surface area contributed by atoms with E-state index >= 15 is 0 Å². The zero-order valence-electron chi connectivity index (χ0n) is 19.3. The molecule has 0 amide bonds. The summed E-state index contributed by atoms with van der Waals surface area (Å²) in [4.78, 5) is 31.9. The summed E-state index contributed by atoms with van der Waals surface area (Å²) >= 11 is 0. The largest absolute Gasteiger partial charge is 0.467 e. The lowest BCUT2D eigenvalue weighted by atomic mass is 9.78. The van der Waals surface area contributed by atoms with Crippen LogP contribution in [0.4, 0.5) is 0 Å². The average molecular weight is 498 g/mol. The predicted octanol–water partition coefficient (Wildman–Crippen LogP) is 0.0469. The molecule has 190 valence electrons. The summed E-state index contributed by atoms with van der Waals surface area (Å²) in [6, 6.07) is 11.5. The molecule has 2 aliphatic heterocycles. The van der Waals surface area contributed by atoms with Crippen LogP contribution in [0.1, 0.15) is 18.2 Å². The van der Waals surface area contributed by atoms with E-state index in [2.05, 4.69) is 5.16 Å². The van der Waals surface area contributed by atoms with Crippen molar-refractivity contribution >= 4 is 5.71 Å². The highest BCUT2D eigenvalue weighted by molar-refractivity contribution is 5.94. The molecule has 2 N–H and O–H groups in total. The van der Waals surface area contributed by atoms with Crippen molar-refractivity contribution in [3.8, 4) is 5.69 Å². The molecule has 1 saturated heterocycles.